The van der Waals surface area contributed by atoms with Crippen LogP contribution in [0.15, 0.2) is 179 Å². The van der Waals surface area contributed by atoms with Crippen molar-refractivity contribution in [2.75, 3.05) is 9.80 Å². The number of aryl methyl sites for hydroxylation is 2. The number of rotatable bonds is 10. The fraction of sp³-hybridized carbons (Fsp3) is 0.100. The number of hydrogen-bond acceptors (Lipinski definition) is 6. The Morgan fingerprint density at radius 2 is 0.758 bits per heavy atom. The van der Waals surface area contributed by atoms with Crippen LogP contribution in [0.25, 0.3) is 76.2 Å². The first-order chi connectivity index (χ1) is 32.6. The third kappa shape index (κ3) is 6.00. The van der Waals surface area contributed by atoms with Crippen LogP contribution < -0.4 is 9.80 Å². The van der Waals surface area contributed by atoms with E-state index in [4.69, 9.17) is 8.83 Å². The van der Waals surface area contributed by atoms with Crippen molar-refractivity contribution in [3.63, 3.8) is 0 Å². The molecule has 6 nitrogen and oxygen atoms in total. The molecular weight excluding hydrogens is 809 g/mol. The zero-order valence-corrected chi connectivity index (χ0v) is 36.6. The molecule has 12 rings (SSSR count). The number of nitrogens with zero attached hydrogens (tertiary/aromatic N) is 4. The van der Waals surface area contributed by atoms with Gasteiger partial charge < -0.3 is 18.6 Å². The molecule has 10 aromatic carbocycles. The largest absolute Gasteiger partial charge is 0.454 e. The van der Waals surface area contributed by atoms with E-state index in [0.29, 0.717) is 11.1 Å². The van der Waals surface area contributed by atoms with Crippen molar-refractivity contribution in [3.8, 4) is 12.1 Å². The first-order valence-electron chi connectivity index (χ1n) is 22.7. The van der Waals surface area contributed by atoms with Gasteiger partial charge in [0, 0.05) is 43.7 Å². The molecule has 0 amide bonds. The molecule has 0 saturated heterocycles. The maximum Gasteiger partial charge on any atom is 0.159 e. The molecule has 66 heavy (non-hydrogen) atoms. The molecule has 0 spiro atoms. The van der Waals surface area contributed by atoms with Crippen molar-refractivity contribution < 1.29 is 8.83 Å². The first-order valence-corrected chi connectivity index (χ1v) is 22.7. The van der Waals surface area contributed by atoms with E-state index >= 15 is 0 Å². The molecule has 2 heterocycles. The van der Waals surface area contributed by atoms with Crippen LogP contribution in [0.2, 0.25) is 0 Å². The highest BCUT2D eigenvalue weighted by atomic mass is 16.3. The number of nitriles is 2. The predicted octanol–water partition coefficient (Wildman–Crippen LogP) is 17.0. The van der Waals surface area contributed by atoms with E-state index in [1.807, 2.05) is 48.5 Å². The smallest absolute Gasteiger partial charge is 0.159 e. The maximum absolute atomic E-state index is 9.84. The maximum atomic E-state index is 9.84. The Morgan fingerprint density at radius 3 is 1.15 bits per heavy atom. The van der Waals surface area contributed by atoms with Gasteiger partial charge >= 0.3 is 0 Å². The molecular formula is C60H42N4O2. The highest BCUT2D eigenvalue weighted by molar-refractivity contribution is 6.28. The monoisotopic (exact) mass is 850 g/mol. The number of hydrogen-bond donors (Lipinski definition) is 0. The molecule has 314 valence electrons. The lowest BCUT2D eigenvalue weighted by Gasteiger charge is -2.29. The SMILES string of the molecule is CCCc1cccc2c1oc1c(N(c3ccc(C#N)cc3)c3ccc4ccc5c(N(c6ccc(C#N)cc6)c6cccc7c6oc6c(CCC)cccc67)ccc6ccc3c4c65)cccc12. The predicted molar refractivity (Wildman–Crippen MR) is 271 cm³/mol. The fourth-order valence-electron chi connectivity index (χ4n) is 10.4. The van der Waals surface area contributed by atoms with Crippen LogP contribution in [0.3, 0.4) is 0 Å². The number of para-hydroxylation sites is 4. The van der Waals surface area contributed by atoms with Crippen LogP contribution >= 0.6 is 0 Å². The third-order valence-electron chi connectivity index (χ3n) is 13.3. The summed E-state index contributed by atoms with van der Waals surface area (Å²) in [7, 11) is 0. The Balaban J connectivity index is 1.12. The summed E-state index contributed by atoms with van der Waals surface area (Å²) in [6.45, 7) is 4.40. The first kappa shape index (κ1) is 39.0. The zero-order valence-electron chi connectivity index (χ0n) is 36.6. The quantitative estimate of drug-likeness (QED) is 0.128. The van der Waals surface area contributed by atoms with Gasteiger partial charge in [0.05, 0.1) is 46.0 Å². The number of fused-ring (bicyclic) bond motifs is 6. The summed E-state index contributed by atoms with van der Waals surface area (Å²) in [6, 6.07) is 63.8. The van der Waals surface area contributed by atoms with Crippen molar-refractivity contribution in [2.24, 2.45) is 0 Å². The van der Waals surface area contributed by atoms with E-state index in [1.54, 1.807) is 0 Å². The van der Waals surface area contributed by atoms with E-state index in [0.717, 1.165) is 136 Å². The van der Waals surface area contributed by atoms with Gasteiger partial charge in [-0.3, -0.25) is 0 Å². The molecule has 0 unspecified atom stereocenters. The Kier molecular flexibility index (Phi) is 9.22. The third-order valence-corrected chi connectivity index (χ3v) is 13.3. The molecule has 0 atom stereocenters. The molecule has 0 aliphatic carbocycles. The standard InChI is InChI=1S/C60H42N4O2/c1-3-9-41-11-5-13-45-47-15-7-17-53(59(47)65-57(41)45)63(43-27-19-37(35-61)20-28-43)51-33-25-39-24-32-50-52(34-26-40-23-31-49(51)55(39)56(40)50)64(44-29-21-38(36-62)22-30-44)54-18-8-16-48-46-14-6-12-42(10-4-2)58(46)66-60(48)54/h5-8,11-34H,3-4,9-10H2,1-2H3. The Bertz CT molecular complexity index is 3680. The minimum absolute atomic E-state index is 0.597. The second kappa shape index (κ2) is 15.6. The van der Waals surface area contributed by atoms with E-state index in [9.17, 15) is 10.5 Å². The average Bonchev–Trinajstić information content (AvgIpc) is 3.95. The van der Waals surface area contributed by atoms with E-state index < -0.39 is 0 Å². The second-order valence-corrected chi connectivity index (χ2v) is 17.2. The molecule has 0 saturated carbocycles. The molecule has 0 aliphatic rings. The van der Waals surface area contributed by atoms with Crippen LogP contribution in [0.1, 0.15) is 48.9 Å². The lowest BCUT2D eigenvalue weighted by molar-refractivity contribution is 0.661. The number of benzene rings is 10. The van der Waals surface area contributed by atoms with Crippen molar-refractivity contribution in [3.05, 3.63) is 192 Å². The van der Waals surface area contributed by atoms with Crippen molar-refractivity contribution in [2.45, 2.75) is 39.5 Å². The lowest BCUT2D eigenvalue weighted by atomic mass is 9.91. The van der Waals surface area contributed by atoms with Gasteiger partial charge in [-0.15, -0.1) is 0 Å². The molecule has 6 heteroatoms. The zero-order chi connectivity index (χ0) is 44.5. The Labute approximate surface area is 381 Å². The summed E-state index contributed by atoms with van der Waals surface area (Å²) in [6.07, 6.45) is 3.90. The number of anilines is 6. The van der Waals surface area contributed by atoms with Crippen molar-refractivity contribution in [1.29, 1.82) is 10.5 Å². The van der Waals surface area contributed by atoms with E-state index in [-0.39, 0.29) is 0 Å². The van der Waals surface area contributed by atoms with Gasteiger partial charge in [-0.25, -0.2) is 0 Å². The summed E-state index contributed by atoms with van der Waals surface area (Å²) < 4.78 is 13.9. The average molecular weight is 851 g/mol. The molecule has 2 aromatic heterocycles. The number of furan rings is 2. The summed E-state index contributed by atoms with van der Waals surface area (Å²) in [5.41, 5.74) is 12.7. The summed E-state index contributed by atoms with van der Waals surface area (Å²) in [5, 5.41) is 30.7. The van der Waals surface area contributed by atoms with Crippen LogP contribution in [0, 0.1) is 22.7 Å². The topological polar surface area (TPSA) is 80.3 Å². The summed E-state index contributed by atoms with van der Waals surface area (Å²) >= 11 is 0. The van der Waals surface area contributed by atoms with Gasteiger partial charge in [0.25, 0.3) is 0 Å². The molecule has 0 radical (unpaired) electrons. The minimum Gasteiger partial charge on any atom is -0.454 e. The minimum atomic E-state index is 0.597. The molecule has 0 aliphatic heterocycles. The van der Waals surface area contributed by atoms with Crippen LogP contribution in [-0.2, 0) is 12.8 Å². The van der Waals surface area contributed by atoms with Crippen molar-refractivity contribution >= 4 is 110 Å². The van der Waals surface area contributed by atoms with E-state index in [1.165, 1.54) is 11.1 Å². The molecule has 12 aromatic rings. The van der Waals surface area contributed by atoms with Crippen LogP contribution in [0.5, 0.6) is 0 Å². The van der Waals surface area contributed by atoms with Gasteiger partial charge in [0.1, 0.15) is 11.2 Å². The Morgan fingerprint density at radius 1 is 0.379 bits per heavy atom. The summed E-state index contributed by atoms with van der Waals surface area (Å²) in [5.74, 6) is 0. The second-order valence-electron chi connectivity index (χ2n) is 17.2. The fourth-order valence-corrected chi connectivity index (χ4v) is 10.4. The highest BCUT2D eigenvalue weighted by Gasteiger charge is 2.26. The van der Waals surface area contributed by atoms with Crippen LogP contribution in [-0.4, -0.2) is 0 Å². The molecule has 0 bridgehead atoms. The molecule has 0 N–H and O–H groups in total. The van der Waals surface area contributed by atoms with Crippen molar-refractivity contribution in [1.82, 2.24) is 0 Å². The highest BCUT2D eigenvalue weighted by Crippen LogP contribution is 2.50. The molecule has 0 fully saturated rings. The summed E-state index contributed by atoms with van der Waals surface area (Å²) in [4.78, 5) is 4.58. The van der Waals surface area contributed by atoms with Gasteiger partial charge in [-0.1, -0.05) is 124 Å². The van der Waals surface area contributed by atoms with Gasteiger partial charge in [-0.2, -0.15) is 10.5 Å². The van der Waals surface area contributed by atoms with E-state index in [2.05, 4.69) is 157 Å². The van der Waals surface area contributed by atoms with Gasteiger partial charge in [0.2, 0.25) is 0 Å². The normalized spacial score (nSPS) is 11.7. The van der Waals surface area contributed by atoms with Gasteiger partial charge in [0.15, 0.2) is 11.2 Å². The van der Waals surface area contributed by atoms with Crippen LogP contribution in [0.4, 0.5) is 34.1 Å². The Hall–Kier alpha value is -8.58. The van der Waals surface area contributed by atoms with Gasteiger partial charge in [-0.05, 0) is 118 Å². The lowest BCUT2D eigenvalue weighted by Crippen LogP contribution is -2.12.